The first kappa shape index (κ1) is 19.3. The SMILES string of the molecule is O=CCCCCCCCCCOc1ccc2c(c1)Cc1cc(N=O)ccc1-2. The van der Waals surface area contributed by atoms with Crippen molar-refractivity contribution in [1.29, 1.82) is 0 Å². The van der Waals surface area contributed by atoms with Crippen molar-refractivity contribution in [3.8, 4) is 16.9 Å². The lowest BCUT2D eigenvalue weighted by molar-refractivity contribution is -0.107. The van der Waals surface area contributed by atoms with Crippen LogP contribution in [-0.4, -0.2) is 12.9 Å². The number of carbonyl (C=O) groups is 1. The van der Waals surface area contributed by atoms with E-state index < -0.39 is 0 Å². The Balaban J connectivity index is 1.39. The summed E-state index contributed by atoms with van der Waals surface area (Å²) in [6.07, 6.45) is 10.7. The minimum atomic E-state index is 0.488. The molecule has 0 amide bonds. The molecule has 0 heterocycles. The fourth-order valence-electron chi connectivity index (χ4n) is 3.72. The van der Waals surface area contributed by atoms with Crippen LogP contribution in [0.15, 0.2) is 41.6 Å². The summed E-state index contributed by atoms with van der Waals surface area (Å²) in [5.74, 6) is 0.921. The highest BCUT2D eigenvalue weighted by molar-refractivity contribution is 5.78. The molecule has 0 bridgehead atoms. The summed E-state index contributed by atoms with van der Waals surface area (Å²) >= 11 is 0. The summed E-state index contributed by atoms with van der Waals surface area (Å²) in [7, 11) is 0. The number of carbonyl (C=O) groups excluding carboxylic acids is 1. The number of rotatable bonds is 12. The van der Waals surface area contributed by atoms with E-state index in [0.29, 0.717) is 12.1 Å². The van der Waals surface area contributed by atoms with Gasteiger partial charge in [0.15, 0.2) is 0 Å². The van der Waals surface area contributed by atoms with Gasteiger partial charge in [-0.25, -0.2) is 0 Å². The number of nitroso groups, excluding NO2 is 1. The van der Waals surface area contributed by atoms with Gasteiger partial charge in [0.05, 0.1) is 6.61 Å². The van der Waals surface area contributed by atoms with Gasteiger partial charge >= 0.3 is 0 Å². The first-order valence-corrected chi connectivity index (χ1v) is 9.98. The highest BCUT2D eigenvalue weighted by atomic mass is 16.5. The normalized spacial score (nSPS) is 11.7. The molecule has 142 valence electrons. The summed E-state index contributed by atoms with van der Waals surface area (Å²) in [5.41, 5.74) is 5.32. The van der Waals surface area contributed by atoms with Crippen molar-refractivity contribution in [3.63, 3.8) is 0 Å². The standard InChI is InChI=1S/C23H27NO3/c25-13-7-5-3-1-2-4-6-8-14-27-21-10-12-23-19(17-21)15-18-16-20(24-26)9-11-22(18)23/h9-13,16-17H,1-8,14-15H2. The first-order chi connectivity index (χ1) is 13.3. The third-order valence-electron chi connectivity index (χ3n) is 5.18. The molecule has 0 saturated heterocycles. The molecule has 4 nitrogen and oxygen atoms in total. The molecule has 1 aliphatic rings. The van der Waals surface area contributed by atoms with E-state index in [4.69, 9.17) is 4.74 Å². The van der Waals surface area contributed by atoms with Crippen LogP contribution in [0.25, 0.3) is 11.1 Å². The second-order valence-corrected chi connectivity index (χ2v) is 7.21. The van der Waals surface area contributed by atoms with Crippen LogP contribution in [0.5, 0.6) is 5.75 Å². The molecule has 0 aromatic heterocycles. The van der Waals surface area contributed by atoms with Gasteiger partial charge in [0.25, 0.3) is 0 Å². The second kappa shape index (κ2) is 10.0. The van der Waals surface area contributed by atoms with Crippen molar-refractivity contribution >= 4 is 12.0 Å². The van der Waals surface area contributed by atoms with E-state index in [1.807, 2.05) is 18.2 Å². The van der Waals surface area contributed by atoms with E-state index in [1.54, 1.807) is 6.07 Å². The molecule has 2 aromatic carbocycles. The fourth-order valence-corrected chi connectivity index (χ4v) is 3.72. The van der Waals surface area contributed by atoms with Gasteiger partial charge in [-0.3, -0.25) is 0 Å². The second-order valence-electron chi connectivity index (χ2n) is 7.21. The van der Waals surface area contributed by atoms with Crippen molar-refractivity contribution in [1.82, 2.24) is 0 Å². The average molecular weight is 365 g/mol. The third-order valence-corrected chi connectivity index (χ3v) is 5.18. The number of hydrogen-bond donors (Lipinski definition) is 0. The largest absolute Gasteiger partial charge is 0.494 e. The van der Waals surface area contributed by atoms with Crippen LogP contribution in [0.4, 0.5) is 5.69 Å². The van der Waals surface area contributed by atoms with Crippen molar-refractivity contribution < 1.29 is 9.53 Å². The van der Waals surface area contributed by atoms with E-state index in [0.717, 1.165) is 49.9 Å². The van der Waals surface area contributed by atoms with Gasteiger partial charge in [-0.1, -0.05) is 44.2 Å². The zero-order chi connectivity index (χ0) is 18.9. The Labute approximate surface area is 160 Å². The van der Waals surface area contributed by atoms with Crippen LogP contribution in [0, 0.1) is 4.91 Å². The highest BCUT2D eigenvalue weighted by Gasteiger charge is 2.19. The first-order valence-electron chi connectivity index (χ1n) is 9.98. The van der Waals surface area contributed by atoms with Crippen LogP contribution < -0.4 is 4.74 Å². The maximum absolute atomic E-state index is 10.7. The van der Waals surface area contributed by atoms with Crippen LogP contribution in [-0.2, 0) is 11.2 Å². The van der Waals surface area contributed by atoms with Gasteiger partial charge in [0.2, 0.25) is 0 Å². The van der Waals surface area contributed by atoms with E-state index in [1.165, 1.54) is 42.4 Å². The Bertz CT molecular complexity index is 785. The lowest BCUT2D eigenvalue weighted by atomic mass is 10.1. The Kier molecular flexibility index (Phi) is 7.14. The smallest absolute Gasteiger partial charge is 0.119 e. The number of benzene rings is 2. The molecular formula is C23H27NO3. The Morgan fingerprint density at radius 3 is 2.26 bits per heavy atom. The molecule has 0 saturated carbocycles. The molecule has 0 radical (unpaired) electrons. The van der Waals surface area contributed by atoms with Gasteiger partial charge in [-0.05, 0) is 71.0 Å². The van der Waals surface area contributed by atoms with E-state index >= 15 is 0 Å². The Hall–Kier alpha value is -2.49. The maximum atomic E-state index is 10.7. The molecule has 0 spiro atoms. The molecule has 0 unspecified atom stereocenters. The zero-order valence-corrected chi connectivity index (χ0v) is 15.8. The van der Waals surface area contributed by atoms with Gasteiger partial charge < -0.3 is 9.53 Å². The van der Waals surface area contributed by atoms with Gasteiger partial charge in [0, 0.05) is 6.42 Å². The zero-order valence-electron chi connectivity index (χ0n) is 15.8. The maximum Gasteiger partial charge on any atom is 0.119 e. The third kappa shape index (κ3) is 5.25. The van der Waals surface area contributed by atoms with E-state index in [-0.39, 0.29) is 0 Å². The number of nitrogens with zero attached hydrogens (tertiary/aromatic N) is 1. The fraction of sp³-hybridized carbons (Fsp3) is 0.435. The van der Waals surface area contributed by atoms with Crippen molar-refractivity contribution in [2.45, 2.75) is 57.8 Å². The van der Waals surface area contributed by atoms with Crippen LogP contribution in [0.2, 0.25) is 0 Å². The van der Waals surface area contributed by atoms with Gasteiger partial charge in [-0.2, -0.15) is 0 Å². The lowest BCUT2D eigenvalue weighted by Crippen LogP contribution is -1.98. The monoisotopic (exact) mass is 365 g/mol. The average Bonchev–Trinajstić information content (AvgIpc) is 3.06. The summed E-state index contributed by atoms with van der Waals surface area (Å²) in [6.45, 7) is 0.746. The molecule has 0 aliphatic heterocycles. The number of unbranched alkanes of at least 4 members (excludes halogenated alkanes) is 7. The minimum Gasteiger partial charge on any atom is -0.494 e. The van der Waals surface area contributed by atoms with Gasteiger partial charge in [0.1, 0.15) is 17.7 Å². The Morgan fingerprint density at radius 1 is 0.852 bits per heavy atom. The highest BCUT2D eigenvalue weighted by Crippen LogP contribution is 2.39. The molecule has 0 atom stereocenters. The predicted octanol–water partition coefficient (Wildman–Crippen LogP) is 6.35. The van der Waals surface area contributed by atoms with E-state index in [9.17, 15) is 9.70 Å². The molecule has 27 heavy (non-hydrogen) atoms. The molecule has 4 heteroatoms. The molecule has 2 aromatic rings. The number of ether oxygens (including phenoxy) is 1. The molecular weight excluding hydrogens is 338 g/mol. The number of aldehydes is 1. The van der Waals surface area contributed by atoms with Crippen molar-refractivity contribution in [3.05, 3.63) is 52.4 Å². The van der Waals surface area contributed by atoms with Gasteiger partial charge in [-0.15, -0.1) is 4.91 Å². The quantitative estimate of drug-likeness (QED) is 0.213. The molecule has 0 fully saturated rings. The number of hydrogen-bond acceptors (Lipinski definition) is 4. The summed E-state index contributed by atoms with van der Waals surface area (Å²) in [6, 6.07) is 11.9. The predicted molar refractivity (Wildman–Crippen MR) is 109 cm³/mol. The number of fused-ring (bicyclic) bond motifs is 3. The minimum absolute atomic E-state index is 0.488. The van der Waals surface area contributed by atoms with Crippen LogP contribution >= 0.6 is 0 Å². The van der Waals surface area contributed by atoms with Crippen LogP contribution in [0.1, 0.15) is 62.5 Å². The molecule has 3 rings (SSSR count). The lowest BCUT2D eigenvalue weighted by Gasteiger charge is -2.08. The Morgan fingerprint density at radius 2 is 1.52 bits per heavy atom. The molecule has 0 N–H and O–H groups in total. The topological polar surface area (TPSA) is 55.7 Å². The van der Waals surface area contributed by atoms with Crippen molar-refractivity contribution in [2.24, 2.45) is 5.18 Å². The molecule has 1 aliphatic carbocycles. The van der Waals surface area contributed by atoms with Crippen LogP contribution in [0.3, 0.4) is 0 Å². The summed E-state index contributed by atoms with van der Waals surface area (Å²) < 4.78 is 5.93. The van der Waals surface area contributed by atoms with E-state index in [2.05, 4.69) is 17.3 Å². The summed E-state index contributed by atoms with van der Waals surface area (Å²) in [5, 5.41) is 3.03. The van der Waals surface area contributed by atoms with Crippen molar-refractivity contribution in [2.75, 3.05) is 6.61 Å². The summed E-state index contributed by atoms with van der Waals surface area (Å²) in [4.78, 5) is 21.0.